The summed E-state index contributed by atoms with van der Waals surface area (Å²) in [6.45, 7) is 9.42. The number of rotatable bonds is 7. The fraction of sp³-hybridized carbons (Fsp3) is 0.353. The molecule has 0 saturated carbocycles. The maximum Gasteiger partial charge on any atom is 0.221 e. The number of aromatic nitrogens is 1. The van der Waals surface area contributed by atoms with Crippen molar-refractivity contribution in [2.24, 2.45) is 0 Å². The SMILES string of the molecule is C=CCCOc1ncc(CNC(C)C)c2ccccc12. The Morgan fingerprint density at radius 2 is 2.05 bits per heavy atom. The molecule has 0 saturated heterocycles. The highest BCUT2D eigenvalue weighted by molar-refractivity contribution is 5.89. The molecule has 106 valence electrons. The summed E-state index contributed by atoms with van der Waals surface area (Å²) in [6, 6.07) is 8.70. The van der Waals surface area contributed by atoms with Gasteiger partial charge in [0.05, 0.1) is 6.61 Å². The highest BCUT2D eigenvalue weighted by Gasteiger charge is 2.08. The molecular weight excluding hydrogens is 248 g/mol. The van der Waals surface area contributed by atoms with Crippen molar-refractivity contribution in [2.75, 3.05) is 6.61 Å². The lowest BCUT2D eigenvalue weighted by molar-refractivity contribution is 0.316. The second-order valence-electron chi connectivity index (χ2n) is 5.10. The van der Waals surface area contributed by atoms with Crippen LogP contribution in [0.4, 0.5) is 0 Å². The minimum absolute atomic E-state index is 0.456. The van der Waals surface area contributed by atoms with Gasteiger partial charge in [-0.15, -0.1) is 6.58 Å². The first-order valence-corrected chi connectivity index (χ1v) is 7.06. The van der Waals surface area contributed by atoms with Gasteiger partial charge in [-0.2, -0.15) is 0 Å². The van der Waals surface area contributed by atoms with E-state index in [1.54, 1.807) is 0 Å². The summed E-state index contributed by atoms with van der Waals surface area (Å²) in [7, 11) is 0. The van der Waals surface area contributed by atoms with E-state index in [2.05, 4.69) is 48.9 Å². The van der Waals surface area contributed by atoms with Crippen molar-refractivity contribution in [3.8, 4) is 5.88 Å². The molecule has 3 nitrogen and oxygen atoms in total. The van der Waals surface area contributed by atoms with Crippen LogP contribution in [0.5, 0.6) is 5.88 Å². The Hall–Kier alpha value is -1.87. The van der Waals surface area contributed by atoms with Crippen molar-refractivity contribution in [3.63, 3.8) is 0 Å². The first-order valence-electron chi connectivity index (χ1n) is 7.06. The Morgan fingerprint density at radius 1 is 1.30 bits per heavy atom. The first-order chi connectivity index (χ1) is 9.72. The van der Waals surface area contributed by atoms with Gasteiger partial charge < -0.3 is 10.1 Å². The number of hydrogen-bond acceptors (Lipinski definition) is 3. The number of benzene rings is 1. The Kier molecular flexibility index (Phi) is 5.13. The summed E-state index contributed by atoms with van der Waals surface area (Å²) in [5.74, 6) is 0.704. The van der Waals surface area contributed by atoms with Crippen LogP contribution in [0.3, 0.4) is 0 Å². The highest BCUT2D eigenvalue weighted by Crippen LogP contribution is 2.26. The minimum Gasteiger partial charge on any atom is -0.477 e. The lowest BCUT2D eigenvalue weighted by Crippen LogP contribution is -2.22. The third-order valence-electron chi connectivity index (χ3n) is 3.10. The second-order valence-corrected chi connectivity index (χ2v) is 5.10. The summed E-state index contributed by atoms with van der Waals surface area (Å²) in [5.41, 5.74) is 1.20. The van der Waals surface area contributed by atoms with E-state index >= 15 is 0 Å². The largest absolute Gasteiger partial charge is 0.477 e. The average Bonchev–Trinajstić information content (AvgIpc) is 2.46. The van der Waals surface area contributed by atoms with Gasteiger partial charge in [0.25, 0.3) is 0 Å². The fourth-order valence-electron chi connectivity index (χ4n) is 2.03. The molecule has 0 aliphatic rings. The van der Waals surface area contributed by atoms with Crippen LogP contribution in [0.15, 0.2) is 43.1 Å². The zero-order valence-electron chi connectivity index (χ0n) is 12.2. The van der Waals surface area contributed by atoms with Gasteiger partial charge in [0.2, 0.25) is 5.88 Å². The van der Waals surface area contributed by atoms with Crippen molar-refractivity contribution in [2.45, 2.75) is 32.9 Å². The molecule has 0 unspecified atom stereocenters. The molecule has 1 aromatic heterocycles. The van der Waals surface area contributed by atoms with Crippen LogP contribution >= 0.6 is 0 Å². The molecule has 0 amide bonds. The summed E-state index contributed by atoms with van der Waals surface area (Å²) in [6.07, 6.45) is 4.58. The number of nitrogens with one attached hydrogen (secondary N) is 1. The summed E-state index contributed by atoms with van der Waals surface area (Å²) in [5, 5.41) is 5.70. The monoisotopic (exact) mass is 270 g/mol. The van der Waals surface area contributed by atoms with Crippen LogP contribution in [0.25, 0.3) is 10.8 Å². The van der Waals surface area contributed by atoms with Crippen LogP contribution in [-0.2, 0) is 6.54 Å². The summed E-state index contributed by atoms with van der Waals surface area (Å²) in [4.78, 5) is 4.46. The number of hydrogen-bond donors (Lipinski definition) is 1. The molecule has 0 atom stereocenters. The molecule has 2 rings (SSSR count). The third-order valence-corrected chi connectivity index (χ3v) is 3.10. The van der Waals surface area contributed by atoms with Gasteiger partial charge in [0, 0.05) is 24.2 Å². The van der Waals surface area contributed by atoms with Crippen molar-refractivity contribution >= 4 is 10.8 Å². The average molecular weight is 270 g/mol. The van der Waals surface area contributed by atoms with Crippen LogP contribution in [0.2, 0.25) is 0 Å². The molecule has 0 radical (unpaired) electrons. The zero-order chi connectivity index (χ0) is 14.4. The van der Waals surface area contributed by atoms with E-state index in [4.69, 9.17) is 4.74 Å². The van der Waals surface area contributed by atoms with Crippen LogP contribution in [0, 0.1) is 0 Å². The first kappa shape index (κ1) is 14.5. The molecule has 1 aromatic carbocycles. The summed E-state index contributed by atoms with van der Waals surface area (Å²) >= 11 is 0. The van der Waals surface area contributed by atoms with Crippen LogP contribution < -0.4 is 10.1 Å². The highest BCUT2D eigenvalue weighted by atomic mass is 16.5. The standard InChI is InChI=1S/C17H22N2O/c1-4-5-10-20-17-16-9-7-6-8-15(16)14(12-19-17)11-18-13(2)3/h4,6-9,12-13,18H,1,5,10-11H2,2-3H3. The second kappa shape index (κ2) is 7.06. The molecule has 2 aromatic rings. The maximum atomic E-state index is 5.74. The quantitative estimate of drug-likeness (QED) is 0.615. The van der Waals surface area contributed by atoms with Gasteiger partial charge in [-0.3, -0.25) is 0 Å². The molecule has 0 spiro atoms. The van der Waals surface area contributed by atoms with Crippen molar-refractivity contribution in [3.05, 3.63) is 48.7 Å². The number of ether oxygens (including phenoxy) is 1. The topological polar surface area (TPSA) is 34.1 Å². The Labute approximate surface area is 120 Å². The minimum atomic E-state index is 0.456. The van der Waals surface area contributed by atoms with E-state index < -0.39 is 0 Å². The lowest BCUT2D eigenvalue weighted by Gasteiger charge is -2.13. The Morgan fingerprint density at radius 3 is 2.75 bits per heavy atom. The van der Waals surface area contributed by atoms with E-state index in [9.17, 15) is 0 Å². The van der Waals surface area contributed by atoms with Gasteiger partial charge in [0.15, 0.2) is 0 Å². The van der Waals surface area contributed by atoms with Gasteiger partial charge >= 0.3 is 0 Å². The predicted octanol–water partition coefficient (Wildman–Crippen LogP) is 3.69. The zero-order valence-corrected chi connectivity index (χ0v) is 12.2. The smallest absolute Gasteiger partial charge is 0.221 e. The van der Waals surface area contributed by atoms with Gasteiger partial charge in [-0.1, -0.05) is 38.1 Å². The van der Waals surface area contributed by atoms with E-state index in [0.717, 1.165) is 18.4 Å². The van der Waals surface area contributed by atoms with E-state index in [1.165, 1.54) is 10.9 Å². The number of fused-ring (bicyclic) bond motifs is 1. The fourth-order valence-corrected chi connectivity index (χ4v) is 2.03. The van der Waals surface area contributed by atoms with E-state index in [1.807, 2.05) is 18.3 Å². The van der Waals surface area contributed by atoms with Crippen molar-refractivity contribution in [1.82, 2.24) is 10.3 Å². The van der Waals surface area contributed by atoms with Crippen molar-refractivity contribution in [1.29, 1.82) is 0 Å². The number of pyridine rings is 1. The van der Waals surface area contributed by atoms with Crippen LogP contribution in [0.1, 0.15) is 25.8 Å². The molecule has 0 bridgehead atoms. The Bertz CT molecular complexity index is 578. The van der Waals surface area contributed by atoms with Gasteiger partial charge in [-0.25, -0.2) is 4.98 Å². The van der Waals surface area contributed by atoms with E-state index in [-0.39, 0.29) is 0 Å². The molecule has 3 heteroatoms. The normalized spacial score (nSPS) is 10.9. The molecule has 0 aliphatic heterocycles. The van der Waals surface area contributed by atoms with Crippen LogP contribution in [-0.4, -0.2) is 17.6 Å². The lowest BCUT2D eigenvalue weighted by atomic mass is 10.1. The molecule has 0 fully saturated rings. The maximum absolute atomic E-state index is 5.74. The van der Waals surface area contributed by atoms with Gasteiger partial charge in [0.1, 0.15) is 0 Å². The van der Waals surface area contributed by atoms with Crippen molar-refractivity contribution < 1.29 is 4.74 Å². The predicted molar refractivity (Wildman–Crippen MR) is 84.0 cm³/mol. The molecular formula is C17H22N2O. The van der Waals surface area contributed by atoms with Gasteiger partial charge in [-0.05, 0) is 23.4 Å². The van der Waals surface area contributed by atoms with E-state index in [0.29, 0.717) is 18.5 Å². The summed E-state index contributed by atoms with van der Waals surface area (Å²) < 4.78 is 5.74. The molecule has 20 heavy (non-hydrogen) atoms. The molecule has 1 heterocycles. The third kappa shape index (κ3) is 3.58. The number of nitrogens with zero attached hydrogens (tertiary/aromatic N) is 1. The molecule has 0 aliphatic carbocycles. The molecule has 1 N–H and O–H groups in total. The Balaban J connectivity index is 2.28.